The predicted molar refractivity (Wildman–Crippen MR) is 179 cm³/mol. The van der Waals surface area contributed by atoms with E-state index in [9.17, 15) is 39.6 Å². The summed E-state index contributed by atoms with van der Waals surface area (Å²) in [4.78, 5) is 60.3. The van der Waals surface area contributed by atoms with Gasteiger partial charge < -0.3 is 40.4 Å². The van der Waals surface area contributed by atoms with Gasteiger partial charge in [-0.05, 0) is 122 Å². The molecule has 12 nitrogen and oxygen atoms in total. The van der Waals surface area contributed by atoms with E-state index >= 15 is 0 Å². The molecule has 0 amide bonds. The highest BCUT2D eigenvalue weighted by molar-refractivity contribution is 5.71. The Hall–Kier alpha value is -5.52. The molecule has 0 radical (unpaired) electrons. The molecule has 0 aliphatic carbocycles. The van der Waals surface area contributed by atoms with E-state index in [-0.39, 0.29) is 51.4 Å². The molecule has 0 saturated carbocycles. The van der Waals surface area contributed by atoms with Crippen molar-refractivity contribution in [1.29, 1.82) is 0 Å². The van der Waals surface area contributed by atoms with E-state index in [1.165, 1.54) is 0 Å². The van der Waals surface area contributed by atoms with Crippen molar-refractivity contribution < 1.29 is 39.6 Å². The zero-order chi connectivity index (χ0) is 34.9. The van der Waals surface area contributed by atoms with Crippen molar-refractivity contribution in [2.24, 2.45) is 0 Å². The number of hydrogen-bond donors (Lipinski definition) is 8. The number of aromatic nitrogens is 4. The lowest BCUT2D eigenvalue weighted by Gasteiger charge is -2.02. The van der Waals surface area contributed by atoms with E-state index in [0.717, 1.165) is 66.6 Å². The fraction of sp³-hybridized carbons (Fsp3) is 0.333. The van der Waals surface area contributed by atoms with Crippen LogP contribution in [-0.2, 0) is 44.9 Å². The Morgan fingerprint density at radius 2 is 0.708 bits per heavy atom. The number of H-pyrrole nitrogens is 4. The molecule has 48 heavy (non-hydrogen) atoms. The minimum Gasteiger partial charge on any atom is -0.481 e. The number of carbonyl (C=O) groups is 4. The summed E-state index contributed by atoms with van der Waals surface area (Å²) in [5, 5.41) is 40.9. The third kappa shape index (κ3) is 7.07. The zero-order valence-electron chi connectivity index (χ0n) is 27.4. The first-order chi connectivity index (χ1) is 22.7. The van der Waals surface area contributed by atoms with Crippen molar-refractivity contribution in [2.75, 3.05) is 0 Å². The molecular formula is C36H40N4O8. The van der Waals surface area contributed by atoms with Crippen LogP contribution in [0.25, 0.3) is 24.3 Å². The number of carboxylic acid groups (broad SMARTS) is 4. The molecule has 0 fully saturated rings. The molecule has 0 aromatic carbocycles. The third-order valence-electron chi connectivity index (χ3n) is 9.31. The number of aliphatic carboxylic acids is 4. The highest BCUT2D eigenvalue weighted by atomic mass is 16.4. The summed E-state index contributed by atoms with van der Waals surface area (Å²) in [6, 6.07) is 0. The lowest BCUT2D eigenvalue weighted by Crippen LogP contribution is -2.14. The first-order valence-corrected chi connectivity index (χ1v) is 15.8. The van der Waals surface area contributed by atoms with E-state index in [1.807, 2.05) is 52.0 Å². The van der Waals surface area contributed by atoms with Gasteiger partial charge in [0.15, 0.2) is 0 Å². The van der Waals surface area contributed by atoms with Gasteiger partial charge in [0.05, 0.1) is 0 Å². The number of nitrogens with one attached hydrogen (secondary N) is 4. The van der Waals surface area contributed by atoms with E-state index in [1.54, 1.807) is 0 Å². The summed E-state index contributed by atoms with van der Waals surface area (Å²) in [5.41, 5.74) is 9.64. The van der Waals surface area contributed by atoms with Crippen LogP contribution in [0.2, 0.25) is 0 Å². The first-order valence-electron chi connectivity index (χ1n) is 15.8. The maximum Gasteiger partial charge on any atom is 0.303 e. The van der Waals surface area contributed by atoms with E-state index in [2.05, 4.69) is 19.9 Å². The monoisotopic (exact) mass is 656 g/mol. The largest absolute Gasteiger partial charge is 0.481 e. The molecule has 1 aliphatic rings. The Morgan fingerprint density at radius 3 is 1.02 bits per heavy atom. The van der Waals surface area contributed by atoms with Crippen molar-refractivity contribution in [1.82, 2.24) is 19.9 Å². The fourth-order valence-corrected chi connectivity index (χ4v) is 6.58. The van der Waals surface area contributed by atoms with Gasteiger partial charge in [-0.2, -0.15) is 0 Å². The highest BCUT2D eigenvalue weighted by Crippen LogP contribution is 2.24. The molecular weight excluding hydrogens is 616 g/mol. The summed E-state index contributed by atoms with van der Waals surface area (Å²) in [5.74, 6) is -3.70. The van der Waals surface area contributed by atoms with Crippen LogP contribution in [0, 0.1) is 27.7 Å². The lowest BCUT2D eigenvalue weighted by molar-refractivity contribution is -0.138. The third-order valence-corrected chi connectivity index (χ3v) is 9.31. The average molecular weight is 657 g/mol. The Balaban J connectivity index is 1.89. The van der Waals surface area contributed by atoms with Gasteiger partial charge in [0, 0.05) is 69.9 Å². The number of aromatic amines is 4. The van der Waals surface area contributed by atoms with Gasteiger partial charge in [-0.3, -0.25) is 19.2 Å². The van der Waals surface area contributed by atoms with Crippen molar-refractivity contribution >= 4 is 48.2 Å². The van der Waals surface area contributed by atoms with E-state index < -0.39 is 23.9 Å². The van der Waals surface area contributed by atoms with Crippen LogP contribution in [0.1, 0.15) is 93.0 Å². The smallest absolute Gasteiger partial charge is 0.303 e. The molecule has 4 aromatic rings. The quantitative estimate of drug-likeness (QED) is 0.0992. The van der Waals surface area contributed by atoms with Gasteiger partial charge in [0.1, 0.15) is 0 Å². The number of carboxylic acids is 4. The van der Waals surface area contributed by atoms with Crippen molar-refractivity contribution in [3.8, 4) is 0 Å². The summed E-state index contributed by atoms with van der Waals surface area (Å²) in [6.07, 6.45) is 8.45. The van der Waals surface area contributed by atoms with Crippen LogP contribution >= 0.6 is 0 Å². The minimum atomic E-state index is -0.924. The van der Waals surface area contributed by atoms with Gasteiger partial charge in [0.2, 0.25) is 0 Å². The van der Waals surface area contributed by atoms with Crippen molar-refractivity contribution in [3.63, 3.8) is 0 Å². The van der Waals surface area contributed by atoms with Crippen LogP contribution in [0.4, 0.5) is 0 Å². The Labute approximate surface area is 275 Å². The Bertz CT molecular complexity index is 2050. The molecule has 0 spiro atoms. The Kier molecular flexibility index (Phi) is 9.64. The average Bonchev–Trinajstić information content (AvgIpc) is 3.66. The molecule has 8 N–H and O–H groups in total. The molecule has 4 aromatic heterocycles. The van der Waals surface area contributed by atoms with E-state index in [0.29, 0.717) is 22.1 Å². The van der Waals surface area contributed by atoms with Crippen LogP contribution in [0.3, 0.4) is 0 Å². The molecule has 12 heteroatoms. The molecule has 0 unspecified atom stereocenters. The highest BCUT2D eigenvalue weighted by Gasteiger charge is 2.19. The molecule has 5 rings (SSSR count). The molecule has 8 bridgehead atoms. The molecule has 0 saturated heterocycles. The SMILES string of the molecule is Cc1c2[nH]c(c1CCC(=O)O)C=c1[nH]c(c(C)c1CCC(=O)O)=Cc1[nH]c(c(CCC(=O)O)c1C)C=c1[nH]c(c(C)c1CCC(=O)O)=C2. The normalized spacial score (nSPS) is 12.1. The topological polar surface area (TPSA) is 212 Å². The Morgan fingerprint density at radius 1 is 0.417 bits per heavy atom. The van der Waals surface area contributed by atoms with Crippen LogP contribution in [0.15, 0.2) is 0 Å². The minimum absolute atomic E-state index is 0.0774. The second kappa shape index (κ2) is 13.7. The van der Waals surface area contributed by atoms with Crippen LogP contribution in [0.5, 0.6) is 0 Å². The maximum atomic E-state index is 11.6. The summed E-state index contributed by atoms with van der Waals surface area (Å²) in [7, 11) is 0. The van der Waals surface area contributed by atoms with Crippen LogP contribution < -0.4 is 21.4 Å². The number of rotatable bonds is 12. The zero-order valence-corrected chi connectivity index (χ0v) is 27.4. The van der Waals surface area contributed by atoms with E-state index in [4.69, 9.17) is 0 Å². The molecule has 5 heterocycles. The molecule has 1 aliphatic heterocycles. The van der Waals surface area contributed by atoms with Gasteiger partial charge in [-0.1, -0.05) is 0 Å². The first kappa shape index (κ1) is 33.8. The van der Waals surface area contributed by atoms with Gasteiger partial charge in [0.25, 0.3) is 0 Å². The second-order valence-corrected chi connectivity index (χ2v) is 12.4. The molecule has 252 valence electrons. The summed E-state index contributed by atoms with van der Waals surface area (Å²) >= 11 is 0. The summed E-state index contributed by atoms with van der Waals surface area (Å²) < 4.78 is 0. The second-order valence-electron chi connectivity index (χ2n) is 12.4. The standard InChI is InChI=1S/C36H40N4O8/c1-17-21(5-9-33(41)42)29-15-30-23(7-11-35(45)46)19(3)27(39-30)14-28-20(4)24(8-12-36(47)48)32(40-28)16-31-22(6-10-34(43)44)18(2)26(38-31)13-25(17)37-29/h13-16,37-40H,5-12H2,1-4H3,(H,41,42)(H,43,44)(H,45,46)(H,47,48). The number of fused-ring (bicyclic) bond motifs is 8. The summed E-state index contributed by atoms with van der Waals surface area (Å²) in [6.45, 7) is 7.68. The maximum absolute atomic E-state index is 11.6. The van der Waals surface area contributed by atoms with Crippen molar-refractivity contribution in [3.05, 3.63) is 88.7 Å². The van der Waals surface area contributed by atoms with Gasteiger partial charge in [-0.25, -0.2) is 0 Å². The fourth-order valence-electron chi connectivity index (χ4n) is 6.58. The number of hydrogen-bond acceptors (Lipinski definition) is 4. The predicted octanol–water partition coefficient (Wildman–Crippen LogP) is 1.93. The van der Waals surface area contributed by atoms with Gasteiger partial charge >= 0.3 is 23.9 Å². The lowest BCUT2D eigenvalue weighted by atomic mass is 10.0. The molecule has 0 atom stereocenters. The van der Waals surface area contributed by atoms with Crippen molar-refractivity contribution in [2.45, 2.75) is 79.1 Å². The van der Waals surface area contributed by atoms with Gasteiger partial charge in [-0.15, -0.1) is 0 Å². The van der Waals surface area contributed by atoms with Crippen LogP contribution in [-0.4, -0.2) is 64.2 Å².